The standard InChI is InChI=1S/C13H25N3O4S/c1-8(2)6-9(16(7-17)20-13(3,4)5)10(18)11-14-15-12(21)19-11/h7-11,14,18H,6H2,1-5H3,(H,15,21)/t9-,10?,11?/m0/s1. The molecular weight excluding hydrogens is 294 g/mol. The van der Waals surface area contributed by atoms with Crippen LogP contribution in [0.5, 0.6) is 0 Å². The molecule has 1 aliphatic rings. The molecule has 0 spiro atoms. The van der Waals surface area contributed by atoms with Gasteiger partial charge in [0.15, 0.2) is 6.23 Å². The number of nitrogens with one attached hydrogen (secondary N) is 2. The van der Waals surface area contributed by atoms with E-state index < -0.39 is 24.0 Å². The fourth-order valence-electron chi connectivity index (χ4n) is 2.02. The molecule has 7 nitrogen and oxygen atoms in total. The van der Waals surface area contributed by atoms with Crippen molar-refractivity contribution < 1.29 is 19.5 Å². The minimum atomic E-state index is -0.993. The van der Waals surface area contributed by atoms with Crippen molar-refractivity contribution in [3.05, 3.63) is 0 Å². The zero-order chi connectivity index (χ0) is 16.2. The van der Waals surface area contributed by atoms with Crippen LogP contribution >= 0.6 is 12.2 Å². The maximum atomic E-state index is 11.4. The van der Waals surface area contributed by atoms with Gasteiger partial charge >= 0.3 is 0 Å². The summed E-state index contributed by atoms with van der Waals surface area (Å²) in [5.74, 6) is 0.261. The van der Waals surface area contributed by atoms with Crippen molar-refractivity contribution in [1.29, 1.82) is 0 Å². The van der Waals surface area contributed by atoms with E-state index in [2.05, 4.69) is 10.9 Å². The van der Waals surface area contributed by atoms with Crippen LogP contribution in [0.1, 0.15) is 41.0 Å². The molecule has 0 aromatic carbocycles. The van der Waals surface area contributed by atoms with Crippen molar-refractivity contribution in [2.45, 2.75) is 65.0 Å². The monoisotopic (exact) mass is 319 g/mol. The van der Waals surface area contributed by atoms with Crippen LogP contribution in [0, 0.1) is 5.92 Å². The fourth-order valence-corrected chi connectivity index (χ4v) is 2.18. The van der Waals surface area contributed by atoms with Gasteiger partial charge in [-0.3, -0.25) is 15.1 Å². The number of amides is 1. The first-order valence-electron chi connectivity index (χ1n) is 6.97. The summed E-state index contributed by atoms with van der Waals surface area (Å²) in [7, 11) is 0. The van der Waals surface area contributed by atoms with Crippen molar-refractivity contribution in [2.24, 2.45) is 5.92 Å². The van der Waals surface area contributed by atoms with Crippen LogP contribution < -0.4 is 10.9 Å². The van der Waals surface area contributed by atoms with Crippen LogP contribution in [0.25, 0.3) is 0 Å². The normalized spacial score (nSPS) is 21.7. The molecule has 3 N–H and O–H groups in total. The van der Waals surface area contributed by atoms with Gasteiger partial charge in [0.2, 0.25) is 6.41 Å². The van der Waals surface area contributed by atoms with Gasteiger partial charge in [0.05, 0.1) is 11.6 Å². The molecule has 3 atom stereocenters. The van der Waals surface area contributed by atoms with E-state index in [0.717, 1.165) is 5.06 Å². The Kier molecular flexibility index (Phi) is 6.33. The molecule has 122 valence electrons. The predicted molar refractivity (Wildman–Crippen MR) is 81.7 cm³/mol. The number of carbonyl (C=O) groups excluding carboxylic acids is 1. The molecule has 1 rings (SSSR count). The molecule has 0 radical (unpaired) electrons. The molecule has 8 heteroatoms. The number of hydrogen-bond acceptors (Lipinski definition) is 6. The summed E-state index contributed by atoms with van der Waals surface area (Å²) in [5.41, 5.74) is 4.81. The van der Waals surface area contributed by atoms with E-state index in [1.165, 1.54) is 0 Å². The molecule has 21 heavy (non-hydrogen) atoms. The highest BCUT2D eigenvalue weighted by Gasteiger charge is 2.38. The quantitative estimate of drug-likeness (QED) is 0.362. The van der Waals surface area contributed by atoms with Gasteiger partial charge in [-0.1, -0.05) is 13.8 Å². The van der Waals surface area contributed by atoms with E-state index in [-0.39, 0.29) is 11.1 Å². The minimum Gasteiger partial charge on any atom is -0.446 e. The highest BCUT2D eigenvalue weighted by Crippen LogP contribution is 2.21. The zero-order valence-corrected chi connectivity index (χ0v) is 13.9. The molecule has 0 bridgehead atoms. The molecule has 1 aliphatic heterocycles. The Balaban J connectivity index is 2.86. The lowest BCUT2D eigenvalue weighted by molar-refractivity contribution is -0.249. The Morgan fingerprint density at radius 2 is 2.14 bits per heavy atom. The van der Waals surface area contributed by atoms with Gasteiger partial charge in [-0.15, -0.1) is 0 Å². The van der Waals surface area contributed by atoms with E-state index in [1.54, 1.807) is 0 Å². The van der Waals surface area contributed by atoms with E-state index in [0.29, 0.717) is 12.8 Å². The minimum absolute atomic E-state index is 0.164. The number of hydroxylamine groups is 2. The van der Waals surface area contributed by atoms with Gasteiger partial charge in [0.1, 0.15) is 6.10 Å². The maximum Gasteiger partial charge on any atom is 0.273 e. The second kappa shape index (κ2) is 7.35. The summed E-state index contributed by atoms with van der Waals surface area (Å²) >= 11 is 4.85. The highest BCUT2D eigenvalue weighted by molar-refractivity contribution is 7.80. The molecule has 1 amide bonds. The van der Waals surface area contributed by atoms with Crippen LogP contribution in [0.15, 0.2) is 0 Å². The smallest absolute Gasteiger partial charge is 0.273 e. The Labute approximate surface area is 130 Å². The molecule has 1 fully saturated rings. The summed E-state index contributed by atoms with van der Waals surface area (Å²) in [6.07, 6.45) is -0.577. The van der Waals surface area contributed by atoms with E-state index >= 15 is 0 Å². The molecule has 0 saturated carbocycles. The number of thiocarbonyl (C=S) groups is 1. The zero-order valence-electron chi connectivity index (χ0n) is 13.1. The van der Waals surface area contributed by atoms with Gasteiger partial charge in [0, 0.05) is 0 Å². The van der Waals surface area contributed by atoms with Crippen molar-refractivity contribution in [3.8, 4) is 0 Å². The first-order chi connectivity index (χ1) is 9.64. The molecule has 0 aromatic heterocycles. The third kappa shape index (κ3) is 5.74. The summed E-state index contributed by atoms with van der Waals surface area (Å²) < 4.78 is 5.27. The molecular formula is C13H25N3O4S. The SMILES string of the molecule is CC(C)C[C@@H](C(O)C1NNC(=S)O1)N(C=O)OC(C)(C)C. The van der Waals surface area contributed by atoms with Crippen molar-refractivity contribution in [1.82, 2.24) is 15.9 Å². The largest absolute Gasteiger partial charge is 0.446 e. The number of nitrogens with zero attached hydrogens (tertiary/aromatic N) is 1. The predicted octanol–water partition coefficient (Wildman–Crippen LogP) is 0.686. The summed E-state index contributed by atoms with van der Waals surface area (Å²) in [5, 5.41) is 11.8. The first-order valence-corrected chi connectivity index (χ1v) is 7.38. The molecule has 0 aliphatic carbocycles. The Hall–Kier alpha value is -0.960. The molecule has 1 saturated heterocycles. The Morgan fingerprint density at radius 1 is 1.52 bits per heavy atom. The topological polar surface area (TPSA) is 83.1 Å². The van der Waals surface area contributed by atoms with Crippen molar-refractivity contribution in [2.75, 3.05) is 0 Å². The number of ether oxygens (including phenoxy) is 1. The number of hydrazine groups is 1. The average Bonchev–Trinajstić information content (AvgIpc) is 2.78. The van der Waals surface area contributed by atoms with Crippen LogP contribution in [0.4, 0.5) is 0 Å². The van der Waals surface area contributed by atoms with Crippen molar-refractivity contribution >= 4 is 23.8 Å². The van der Waals surface area contributed by atoms with Crippen LogP contribution in [0.2, 0.25) is 0 Å². The molecule has 1 heterocycles. The van der Waals surface area contributed by atoms with Gasteiger partial charge in [-0.25, -0.2) is 5.06 Å². The van der Waals surface area contributed by atoms with E-state index in [4.69, 9.17) is 21.8 Å². The second-order valence-electron chi connectivity index (χ2n) is 6.45. The summed E-state index contributed by atoms with van der Waals surface area (Å²) in [6.45, 7) is 9.52. The van der Waals surface area contributed by atoms with Crippen molar-refractivity contribution in [3.63, 3.8) is 0 Å². The lowest BCUT2D eigenvalue weighted by Crippen LogP contribution is -2.54. The Morgan fingerprint density at radius 3 is 2.52 bits per heavy atom. The summed E-state index contributed by atoms with van der Waals surface area (Å²) in [6, 6.07) is -0.554. The lowest BCUT2D eigenvalue weighted by atomic mass is 9.98. The van der Waals surface area contributed by atoms with E-state index in [9.17, 15) is 9.90 Å². The number of carbonyl (C=O) groups is 1. The maximum absolute atomic E-state index is 11.4. The number of aliphatic hydroxyl groups excluding tert-OH is 1. The van der Waals surface area contributed by atoms with Crippen LogP contribution in [0.3, 0.4) is 0 Å². The number of aliphatic hydroxyl groups is 1. The average molecular weight is 319 g/mol. The fraction of sp³-hybridized carbons (Fsp3) is 0.846. The van der Waals surface area contributed by atoms with Gasteiger partial charge in [-0.05, 0) is 45.3 Å². The van der Waals surface area contributed by atoms with Crippen LogP contribution in [-0.4, -0.2) is 45.7 Å². The first kappa shape index (κ1) is 18.1. The number of hydrogen-bond donors (Lipinski definition) is 3. The third-order valence-electron chi connectivity index (χ3n) is 2.78. The van der Waals surface area contributed by atoms with Gasteiger partial charge in [0.25, 0.3) is 5.17 Å². The third-order valence-corrected chi connectivity index (χ3v) is 2.98. The summed E-state index contributed by atoms with van der Waals surface area (Å²) in [4.78, 5) is 17.0. The lowest BCUT2D eigenvalue weighted by Gasteiger charge is -2.37. The molecule has 0 aromatic rings. The van der Waals surface area contributed by atoms with Crippen LogP contribution in [-0.2, 0) is 14.4 Å². The number of rotatable bonds is 7. The van der Waals surface area contributed by atoms with Gasteiger partial charge < -0.3 is 9.84 Å². The van der Waals surface area contributed by atoms with Gasteiger partial charge in [-0.2, -0.15) is 5.43 Å². The molecule has 2 unspecified atom stereocenters. The highest BCUT2D eigenvalue weighted by atomic mass is 32.1. The van der Waals surface area contributed by atoms with E-state index in [1.807, 2.05) is 34.6 Å². The Bertz CT molecular complexity index is 373. The second-order valence-corrected chi connectivity index (χ2v) is 6.82.